The number of guanidine groups is 1. The molecular weight excluding hydrogens is 389 g/mol. The molecule has 1 fully saturated rings. The molecule has 0 radical (unpaired) electrons. The first kappa shape index (κ1) is 22.0. The van der Waals surface area contributed by atoms with Gasteiger partial charge < -0.3 is 15.4 Å². The van der Waals surface area contributed by atoms with Crippen LogP contribution >= 0.6 is 24.0 Å². The Balaban J connectivity index is 0.00000441. The largest absolute Gasteiger partial charge is 0.380 e. The highest BCUT2D eigenvalue weighted by molar-refractivity contribution is 14.0. The molecule has 0 spiro atoms. The summed E-state index contributed by atoms with van der Waals surface area (Å²) in [5.41, 5.74) is 0.249. The first-order valence-electron chi connectivity index (χ1n) is 8.66. The Labute approximate surface area is 154 Å². The van der Waals surface area contributed by atoms with Gasteiger partial charge in [-0.05, 0) is 19.3 Å². The Bertz CT molecular complexity index is 304. The molecule has 0 aromatic rings. The van der Waals surface area contributed by atoms with Crippen LogP contribution in [0.4, 0.5) is 0 Å². The van der Waals surface area contributed by atoms with Crippen LogP contribution in [0.5, 0.6) is 0 Å². The lowest BCUT2D eigenvalue weighted by Gasteiger charge is -2.36. The Morgan fingerprint density at radius 1 is 1.14 bits per heavy atom. The molecule has 1 aliphatic rings. The fourth-order valence-corrected chi connectivity index (χ4v) is 2.39. The second-order valence-corrected chi connectivity index (χ2v) is 7.02. The summed E-state index contributed by atoms with van der Waals surface area (Å²) in [6, 6.07) is 0. The molecule has 0 atom stereocenters. The molecule has 2 N–H and O–H groups in total. The molecule has 0 bridgehead atoms. The Morgan fingerprint density at radius 3 is 2.36 bits per heavy atom. The first-order valence-corrected chi connectivity index (χ1v) is 8.66. The number of halogens is 1. The van der Waals surface area contributed by atoms with Crippen LogP contribution in [0.15, 0.2) is 4.99 Å². The fourth-order valence-electron chi connectivity index (χ4n) is 2.39. The Kier molecular flexibility index (Phi) is 12.4. The number of ether oxygens (including phenoxy) is 1. The predicted octanol–water partition coefficient (Wildman–Crippen LogP) is 3.80. The van der Waals surface area contributed by atoms with Gasteiger partial charge in [-0.3, -0.25) is 4.99 Å². The van der Waals surface area contributed by atoms with Gasteiger partial charge >= 0.3 is 0 Å². The number of aliphatic imine (C=N–C) groups is 1. The molecule has 0 aliphatic carbocycles. The number of nitrogens with one attached hydrogen (secondary N) is 2. The minimum Gasteiger partial charge on any atom is -0.380 e. The molecule has 1 rings (SSSR count). The maximum atomic E-state index is 5.27. The summed E-state index contributed by atoms with van der Waals surface area (Å²) in [5.74, 6) is 1.79. The fraction of sp³-hybridized carbons (Fsp3) is 0.941. The predicted molar refractivity (Wildman–Crippen MR) is 106 cm³/mol. The standard InChI is InChI=1S/C17H35N3O.HI/c1-5-18-16(20-12-17(4)13-21-14-17)19-11-9-7-6-8-10-15(2)3;/h15H,5-14H2,1-4H3,(H2,18,19,20);1H. The van der Waals surface area contributed by atoms with Crippen LogP contribution in [-0.4, -0.2) is 38.8 Å². The van der Waals surface area contributed by atoms with Crippen molar-refractivity contribution in [3.63, 3.8) is 0 Å². The number of nitrogens with zero attached hydrogens (tertiary/aromatic N) is 1. The van der Waals surface area contributed by atoms with E-state index in [1.807, 2.05) is 0 Å². The van der Waals surface area contributed by atoms with Gasteiger partial charge in [-0.1, -0.05) is 46.5 Å². The van der Waals surface area contributed by atoms with Gasteiger partial charge in [-0.2, -0.15) is 0 Å². The van der Waals surface area contributed by atoms with E-state index in [0.717, 1.165) is 44.7 Å². The van der Waals surface area contributed by atoms with Crippen LogP contribution in [0.1, 0.15) is 59.8 Å². The van der Waals surface area contributed by atoms with Crippen molar-refractivity contribution >= 4 is 29.9 Å². The highest BCUT2D eigenvalue weighted by atomic mass is 127. The summed E-state index contributed by atoms with van der Waals surface area (Å²) < 4.78 is 5.27. The maximum Gasteiger partial charge on any atom is 0.191 e. The summed E-state index contributed by atoms with van der Waals surface area (Å²) >= 11 is 0. The van der Waals surface area contributed by atoms with Crippen molar-refractivity contribution in [1.29, 1.82) is 0 Å². The molecular formula is C17H36IN3O. The Morgan fingerprint density at radius 2 is 1.82 bits per heavy atom. The third kappa shape index (κ3) is 9.87. The van der Waals surface area contributed by atoms with Gasteiger partial charge in [0.2, 0.25) is 0 Å². The number of unbranched alkanes of at least 4 members (excludes halogenated alkanes) is 3. The average Bonchev–Trinajstić information content (AvgIpc) is 2.41. The second kappa shape index (κ2) is 12.4. The highest BCUT2D eigenvalue weighted by Gasteiger charge is 2.33. The molecule has 0 amide bonds. The number of hydrogen-bond acceptors (Lipinski definition) is 2. The van der Waals surface area contributed by atoms with Gasteiger partial charge in [0, 0.05) is 18.5 Å². The zero-order chi connectivity index (χ0) is 15.6. The van der Waals surface area contributed by atoms with E-state index in [0.29, 0.717) is 0 Å². The van der Waals surface area contributed by atoms with E-state index in [4.69, 9.17) is 4.74 Å². The molecule has 0 aromatic carbocycles. The third-order valence-electron chi connectivity index (χ3n) is 3.86. The van der Waals surface area contributed by atoms with Gasteiger partial charge in [0.1, 0.15) is 0 Å². The zero-order valence-corrected chi connectivity index (χ0v) is 17.2. The quantitative estimate of drug-likeness (QED) is 0.242. The Hall–Kier alpha value is -0.0400. The van der Waals surface area contributed by atoms with Crippen molar-refractivity contribution in [2.75, 3.05) is 32.8 Å². The summed E-state index contributed by atoms with van der Waals surface area (Å²) in [6.45, 7) is 13.4. The monoisotopic (exact) mass is 425 g/mol. The van der Waals surface area contributed by atoms with Crippen molar-refractivity contribution in [1.82, 2.24) is 10.6 Å². The number of rotatable bonds is 10. The van der Waals surface area contributed by atoms with Crippen LogP contribution in [0.25, 0.3) is 0 Å². The molecule has 22 heavy (non-hydrogen) atoms. The van der Waals surface area contributed by atoms with Gasteiger partial charge in [-0.15, -0.1) is 24.0 Å². The minimum absolute atomic E-state index is 0. The van der Waals surface area contributed by atoms with Crippen LogP contribution in [-0.2, 0) is 4.74 Å². The molecule has 0 aromatic heterocycles. The zero-order valence-electron chi connectivity index (χ0n) is 14.9. The van der Waals surface area contributed by atoms with E-state index in [1.165, 1.54) is 32.1 Å². The van der Waals surface area contributed by atoms with Crippen molar-refractivity contribution in [2.45, 2.75) is 59.8 Å². The van der Waals surface area contributed by atoms with Gasteiger partial charge in [0.25, 0.3) is 0 Å². The summed E-state index contributed by atoms with van der Waals surface area (Å²) in [4.78, 5) is 4.68. The SMILES string of the molecule is CCNC(=NCC1(C)COC1)NCCCCCCC(C)C.I. The van der Waals surface area contributed by atoms with Crippen LogP contribution in [0, 0.1) is 11.3 Å². The van der Waals surface area contributed by atoms with Crippen molar-refractivity contribution in [3.8, 4) is 0 Å². The van der Waals surface area contributed by atoms with E-state index in [9.17, 15) is 0 Å². The molecule has 1 heterocycles. The van der Waals surface area contributed by atoms with E-state index < -0.39 is 0 Å². The van der Waals surface area contributed by atoms with E-state index in [2.05, 4.69) is 43.3 Å². The van der Waals surface area contributed by atoms with Crippen molar-refractivity contribution in [3.05, 3.63) is 0 Å². The van der Waals surface area contributed by atoms with E-state index >= 15 is 0 Å². The summed E-state index contributed by atoms with van der Waals surface area (Å²) in [7, 11) is 0. The normalized spacial score (nSPS) is 16.9. The van der Waals surface area contributed by atoms with Crippen LogP contribution in [0.3, 0.4) is 0 Å². The molecule has 4 nitrogen and oxygen atoms in total. The van der Waals surface area contributed by atoms with E-state index in [1.54, 1.807) is 0 Å². The van der Waals surface area contributed by atoms with Gasteiger partial charge in [0.15, 0.2) is 5.96 Å². The smallest absolute Gasteiger partial charge is 0.191 e. The van der Waals surface area contributed by atoms with Crippen LogP contribution < -0.4 is 10.6 Å². The molecule has 0 unspecified atom stereocenters. The molecule has 1 aliphatic heterocycles. The summed E-state index contributed by atoms with van der Waals surface area (Å²) in [6.07, 6.45) is 6.61. The maximum absolute atomic E-state index is 5.27. The first-order chi connectivity index (χ1) is 10.1. The molecule has 1 saturated heterocycles. The average molecular weight is 425 g/mol. The topological polar surface area (TPSA) is 45.7 Å². The lowest BCUT2D eigenvalue weighted by Crippen LogP contribution is -2.44. The highest BCUT2D eigenvalue weighted by Crippen LogP contribution is 2.26. The van der Waals surface area contributed by atoms with Crippen LogP contribution in [0.2, 0.25) is 0 Å². The molecule has 0 saturated carbocycles. The minimum atomic E-state index is 0. The molecule has 5 heteroatoms. The molecule has 132 valence electrons. The number of hydrogen-bond donors (Lipinski definition) is 2. The van der Waals surface area contributed by atoms with Gasteiger partial charge in [0.05, 0.1) is 19.8 Å². The van der Waals surface area contributed by atoms with E-state index in [-0.39, 0.29) is 29.4 Å². The van der Waals surface area contributed by atoms with Crippen molar-refractivity contribution < 1.29 is 4.74 Å². The lowest BCUT2D eigenvalue weighted by atomic mass is 9.89. The third-order valence-corrected chi connectivity index (χ3v) is 3.86. The van der Waals surface area contributed by atoms with Crippen molar-refractivity contribution in [2.24, 2.45) is 16.3 Å². The second-order valence-electron chi connectivity index (χ2n) is 7.02. The lowest BCUT2D eigenvalue weighted by molar-refractivity contribution is -0.0945. The van der Waals surface area contributed by atoms with Gasteiger partial charge in [-0.25, -0.2) is 0 Å². The summed E-state index contributed by atoms with van der Waals surface area (Å²) in [5, 5.41) is 6.76.